The van der Waals surface area contributed by atoms with E-state index in [9.17, 15) is 9.18 Å². The van der Waals surface area contributed by atoms with E-state index in [1.807, 2.05) is 0 Å². The number of rotatable bonds is 4. The molecular weight excluding hydrogens is 277 g/mol. The van der Waals surface area contributed by atoms with Gasteiger partial charge >= 0.3 is 5.97 Å². The van der Waals surface area contributed by atoms with Crippen LogP contribution in [0.2, 0.25) is 0 Å². The number of carbonyl (C=O) groups excluding carboxylic acids is 1. The number of hydrogen-bond acceptors (Lipinski definition) is 3. The first-order valence-electron chi connectivity index (χ1n) is 4.72. The molecule has 0 saturated heterocycles. The smallest absolute Gasteiger partial charge is 0.319 e. The zero-order valence-electron chi connectivity index (χ0n) is 9.17. The van der Waals surface area contributed by atoms with Crippen LogP contribution in [-0.2, 0) is 16.1 Å². The van der Waals surface area contributed by atoms with Crippen molar-refractivity contribution in [2.45, 2.75) is 6.54 Å². The molecule has 5 heteroatoms. The van der Waals surface area contributed by atoms with Crippen molar-refractivity contribution >= 4 is 21.9 Å². The number of methoxy groups -OCH3 is 1. The van der Waals surface area contributed by atoms with Crippen molar-refractivity contribution in [3.63, 3.8) is 0 Å². The van der Waals surface area contributed by atoms with Crippen molar-refractivity contribution in [3.05, 3.63) is 34.1 Å². The number of likely N-dealkylation sites (N-methyl/N-ethyl adjacent to an activating group) is 1. The molecule has 1 aromatic rings. The first kappa shape index (κ1) is 13.1. The molecule has 0 heterocycles. The van der Waals surface area contributed by atoms with E-state index >= 15 is 0 Å². The first-order valence-corrected chi connectivity index (χ1v) is 5.51. The van der Waals surface area contributed by atoms with Gasteiger partial charge in [-0.25, -0.2) is 4.39 Å². The maximum absolute atomic E-state index is 12.8. The van der Waals surface area contributed by atoms with Gasteiger partial charge in [-0.1, -0.05) is 22.0 Å². The zero-order chi connectivity index (χ0) is 12.1. The number of benzene rings is 1. The summed E-state index contributed by atoms with van der Waals surface area (Å²) in [7, 11) is 3.15. The Morgan fingerprint density at radius 3 is 2.81 bits per heavy atom. The molecule has 0 bridgehead atoms. The molecule has 0 saturated carbocycles. The summed E-state index contributed by atoms with van der Waals surface area (Å²) >= 11 is 3.28. The van der Waals surface area contributed by atoms with Gasteiger partial charge in [0.15, 0.2) is 0 Å². The van der Waals surface area contributed by atoms with Gasteiger partial charge in [0.25, 0.3) is 0 Å². The highest BCUT2D eigenvalue weighted by Gasteiger charge is 2.09. The minimum absolute atomic E-state index is 0.209. The quantitative estimate of drug-likeness (QED) is 0.796. The lowest BCUT2D eigenvalue weighted by atomic mass is 10.2. The van der Waals surface area contributed by atoms with E-state index in [0.717, 1.165) is 5.56 Å². The summed E-state index contributed by atoms with van der Waals surface area (Å²) in [5.41, 5.74) is 0.924. The molecule has 0 aromatic heterocycles. The van der Waals surface area contributed by atoms with Crippen LogP contribution in [-0.4, -0.2) is 31.6 Å². The Morgan fingerprint density at radius 1 is 1.56 bits per heavy atom. The summed E-state index contributed by atoms with van der Waals surface area (Å²) in [5.74, 6) is -0.577. The van der Waals surface area contributed by atoms with Gasteiger partial charge < -0.3 is 4.74 Å². The summed E-state index contributed by atoms with van der Waals surface area (Å²) < 4.78 is 18.1. The summed E-state index contributed by atoms with van der Waals surface area (Å²) in [6, 6.07) is 4.49. The van der Waals surface area contributed by atoms with Crippen molar-refractivity contribution in [3.8, 4) is 0 Å². The lowest BCUT2D eigenvalue weighted by Gasteiger charge is -2.15. The maximum atomic E-state index is 12.8. The third kappa shape index (κ3) is 3.90. The molecule has 0 fully saturated rings. The number of ether oxygens (including phenoxy) is 1. The third-order valence-electron chi connectivity index (χ3n) is 2.08. The van der Waals surface area contributed by atoms with Gasteiger partial charge in [0, 0.05) is 11.0 Å². The van der Waals surface area contributed by atoms with E-state index in [0.29, 0.717) is 11.0 Å². The molecule has 0 radical (unpaired) electrons. The van der Waals surface area contributed by atoms with Gasteiger partial charge in [0.2, 0.25) is 0 Å². The molecule has 0 atom stereocenters. The Balaban J connectivity index is 2.62. The average molecular weight is 290 g/mol. The van der Waals surface area contributed by atoms with Gasteiger partial charge in [-0.2, -0.15) is 0 Å². The second-order valence-electron chi connectivity index (χ2n) is 3.48. The lowest BCUT2D eigenvalue weighted by molar-refractivity contribution is -0.141. The number of halogens is 2. The molecular formula is C11H13BrFNO2. The minimum atomic E-state index is -0.291. The lowest BCUT2D eigenvalue weighted by Crippen LogP contribution is -2.26. The molecule has 1 rings (SSSR count). The Kier molecular flexibility index (Phi) is 4.89. The Hall–Kier alpha value is -0.940. The SMILES string of the molecule is COC(=O)CN(C)Cc1ccc(F)cc1Br. The molecule has 0 aliphatic heterocycles. The Morgan fingerprint density at radius 2 is 2.25 bits per heavy atom. The number of hydrogen-bond donors (Lipinski definition) is 0. The minimum Gasteiger partial charge on any atom is -0.468 e. The molecule has 3 nitrogen and oxygen atoms in total. The van der Waals surface area contributed by atoms with Crippen LogP contribution in [0, 0.1) is 5.82 Å². The number of esters is 1. The van der Waals surface area contributed by atoms with Crippen LogP contribution in [0.3, 0.4) is 0 Å². The van der Waals surface area contributed by atoms with Crippen LogP contribution in [0.1, 0.15) is 5.56 Å². The summed E-state index contributed by atoms with van der Waals surface area (Å²) in [5, 5.41) is 0. The zero-order valence-corrected chi connectivity index (χ0v) is 10.8. The molecule has 0 aliphatic carbocycles. The van der Waals surface area contributed by atoms with Crippen LogP contribution in [0.25, 0.3) is 0 Å². The molecule has 16 heavy (non-hydrogen) atoms. The van der Waals surface area contributed by atoms with Crippen molar-refractivity contribution in [1.29, 1.82) is 0 Å². The highest BCUT2D eigenvalue weighted by molar-refractivity contribution is 9.10. The van der Waals surface area contributed by atoms with Gasteiger partial charge in [0.1, 0.15) is 5.82 Å². The van der Waals surface area contributed by atoms with Crippen molar-refractivity contribution < 1.29 is 13.9 Å². The molecule has 0 spiro atoms. The second kappa shape index (κ2) is 5.96. The standard InChI is InChI=1S/C11H13BrFNO2/c1-14(7-11(15)16-2)6-8-3-4-9(13)5-10(8)12/h3-5H,6-7H2,1-2H3. The second-order valence-corrected chi connectivity index (χ2v) is 4.34. The predicted octanol–water partition coefficient (Wildman–Crippen LogP) is 2.19. The predicted molar refractivity (Wildman–Crippen MR) is 62.5 cm³/mol. The maximum Gasteiger partial charge on any atom is 0.319 e. The van der Waals surface area contributed by atoms with Crippen LogP contribution in [0.5, 0.6) is 0 Å². The van der Waals surface area contributed by atoms with E-state index in [1.54, 1.807) is 18.0 Å². The number of carbonyl (C=O) groups is 1. The topological polar surface area (TPSA) is 29.5 Å². The molecule has 1 aromatic carbocycles. The van der Waals surface area contributed by atoms with E-state index in [1.165, 1.54) is 19.2 Å². The Labute approximate surface area is 102 Å². The van der Waals surface area contributed by atoms with E-state index in [-0.39, 0.29) is 18.3 Å². The van der Waals surface area contributed by atoms with Gasteiger partial charge in [-0.15, -0.1) is 0 Å². The summed E-state index contributed by atoms with van der Waals surface area (Å²) in [4.78, 5) is 12.8. The van der Waals surface area contributed by atoms with Crippen molar-refractivity contribution in [1.82, 2.24) is 4.90 Å². The summed E-state index contributed by atoms with van der Waals surface area (Å²) in [6.07, 6.45) is 0. The monoisotopic (exact) mass is 289 g/mol. The fraction of sp³-hybridized carbons (Fsp3) is 0.364. The Bertz CT molecular complexity index is 384. The molecule has 88 valence electrons. The van der Waals surface area contributed by atoms with Crippen molar-refractivity contribution in [2.75, 3.05) is 20.7 Å². The normalized spacial score (nSPS) is 10.6. The van der Waals surface area contributed by atoms with Gasteiger partial charge in [-0.3, -0.25) is 9.69 Å². The molecule has 0 N–H and O–H groups in total. The van der Waals surface area contributed by atoms with Gasteiger partial charge in [0.05, 0.1) is 13.7 Å². The summed E-state index contributed by atoms with van der Waals surface area (Å²) in [6.45, 7) is 0.760. The third-order valence-corrected chi connectivity index (χ3v) is 2.82. The van der Waals surface area contributed by atoms with Crippen molar-refractivity contribution in [2.24, 2.45) is 0 Å². The first-order chi connectivity index (χ1) is 7.52. The average Bonchev–Trinajstić information content (AvgIpc) is 2.22. The van der Waals surface area contributed by atoms with Gasteiger partial charge in [-0.05, 0) is 24.7 Å². The number of nitrogens with zero attached hydrogens (tertiary/aromatic N) is 1. The van der Waals surface area contributed by atoms with E-state index < -0.39 is 0 Å². The largest absolute Gasteiger partial charge is 0.468 e. The van der Waals surface area contributed by atoms with Crippen LogP contribution < -0.4 is 0 Å². The van der Waals surface area contributed by atoms with E-state index in [2.05, 4.69) is 20.7 Å². The highest BCUT2D eigenvalue weighted by atomic mass is 79.9. The molecule has 0 unspecified atom stereocenters. The van der Waals surface area contributed by atoms with E-state index in [4.69, 9.17) is 0 Å². The molecule has 0 amide bonds. The van der Waals surface area contributed by atoms with Crippen LogP contribution >= 0.6 is 15.9 Å². The van der Waals surface area contributed by atoms with Crippen LogP contribution in [0.15, 0.2) is 22.7 Å². The molecule has 0 aliphatic rings. The highest BCUT2D eigenvalue weighted by Crippen LogP contribution is 2.19. The fourth-order valence-corrected chi connectivity index (χ4v) is 1.76. The fourth-order valence-electron chi connectivity index (χ4n) is 1.28. The van der Waals surface area contributed by atoms with Crippen LogP contribution in [0.4, 0.5) is 4.39 Å².